The standard InChI is InChI=1S/C19H22N2O6S/c1-4-27-19(23)16-7-5-6-8-17(16)20-18(22)13-21(28(3,24)25)14-9-11-15(26-2)12-10-14/h5-12H,4,13H2,1-3H3,(H,20,22). The molecule has 1 amide bonds. The molecule has 0 saturated carbocycles. The Labute approximate surface area is 164 Å². The van der Waals surface area contributed by atoms with Crippen LogP contribution >= 0.6 is 0 Å². The molecule has 0 bridgehead atoms. The number of sulfonamides is 1. The predicted molar refractivity (Wildman–Crippen MR) is 106 cm³/mol. The van der Waals surface area contributed by atoms with Crippen LogP contribution in [0.1, 0.15) is 17.3 Å². The zero-order chi connectivity index (χ0) is 20.7. The molecule has 9 heteroatoms. The Hall–Kier alpha value is -3.07. The number of nitrogens with one attached hydrogen (secondary N) is 1. The van der Waals surface area contributed by atoms with Crippen molar-refractivity contribution in [3.8, 4) is 5.75 Å². The third-order valence-electron chi connectivity index (χ3n) is 3.74. The molecule has 0 aromatic heterocycles. The fourth-order valence-corrected chi connectivity index (χ4v) is 3.30. The normalized spacial score (nSPS) is 10.8. The van der Waals surface area contributed by atoms with Gasteiger partial charge in [-0.05, 0) is 43.3 Å². The van der Waals surface area contributed by atoms with Crippen LogP contribution in [-0.2, 0) is 19.6 Å². The molecule has 2 rings (SSSR count). The maximum atomic E-state index is 12.5. The Bertz CT molecular complexity index is 941. The van der Waals surface area contributed by atoms with Gasteiger partial charge in [0.2, 0.25) is 15.9 Å². The number of carbonyl (C=O) groups excluding carboxylic acids is 2. The van der Waals surface area contributed by atoms with Crippen LogP contribution < -0.4 is 14.4 Å². The lowest BCUT2D eigenvalue weighted by Gasteiger charge is -2.22. The third-order valence-corrected chi connectivity index (χ3v) is 4.89. The number of carbonyl (C=O) groups is 2. The molecule has 0 aliphatic rings. The average Bonchev–Trinajstić information content (AvgIpc) is 2.66. The number of amides is 1. The highest BCUT2D eigenvalue weighted by Gasteiger charge is 2.22. The van der Waals surface area contributed by atoms with Gasteiger partial charge in [-0.25, -0.2) is 13.2 Å². The summed E-state index contributed by atoms with van der Waals surface area (Å²) in [6.45, 7) is 1.42. The second kappa shape index (κ2) is 9.23. The SMILES string of the molecule is CCOC(=O)c1ccccc1NC(=O)CN(c1ccc(OC)cc1)S(C)(=O)=O. The van der Waals surface area contributed by atoms with Gasteiger partial charge >= 0.3 is 5.97 Å². The molecule has 0 atom stereocenters. The third kappa shape index (κ3) is 5.46. The largest absolute Gasteiger partial charge is 0.497 e. The zero-order valence-corrected chi connectivity index (χ0v) is 16.7. The number of anilines is 2. The summed E-state index contributed by atoms with van der Waals surface area (Å²) in [5, 5.41) is 2.57. The molecule has 0 aliphatic heterocycles. The topological polar surface area (TPSA) is 102 Å². The van der Waals surface area contributed by atoms with E-state index in [2.05, 4.69) is 5.32 Å². The summed E-state index contributed by atoms with van der Waals surface area (Å²) in [6.07, 6.45) is 1.01. The van der Waals surface area contributed by atoms with E-state index >= 15 is 0 Å². The summed E-state index contributed by atoms with van der Waals surface area (Å²) in [5.41, 5.74) is 0.749. The first-order chi connectivity index (χ1) is 13.3. The van der Waals surface area contributed by atoms with Crippen molar-refractivity contribution < 1.29 is 27.5 Å². The monoisotopic (exact) mass is 406 g/mol. The maximum Gasteiger partial charge on any atom is 0.340 e. The molecular weight excluding hydrogens is 384 g/mol. The number of methoxy groups -OCH3 is 1. The Morgan fingerprint density at radius 3 is 2.29 bits per heavy atom. The smallest absolute Gasteiger partial charge is 0.340 e. The van der Waals surface area contributed by atoms with Crippen LogP contribution in [0.25, 0.3) is 0 Å². The molecule has 0 unspecified atom stereocenters. The van der Waals surface area contributed by atoms with Crippen LogP contribution in [0.15, 0.2) is 48.5 Å². The van der Waals surface area contributed by atoms with Gasteiger partial charge in [-0.3, -0.25) is 9.10 Å². The van der Waals surface area contributed by atoms with Crippen LogP contribution in [0, 0.1) is 0 Å². The molecule has 0 aliphatic carbocycles. The summed E-state index contributed by atoms with van der Waals surface area (Å²) in [7, 11) is -2.22. The Morgan fingerprint density at radius 1 is 1.07 bits per heavy atom. The van der Waals surface area contributed by atoms with Crippen molar-refractivity contribution in [2.75, 3.05) is 36.1 Å². The second-order valence-corrected chi connectivity index (χ2v) is 7.69. The summed E-state index contributed by atoms with van der Waals surface area (Å²) < 4.78 is 35.3. The van der Waals surface area contributed by atoms with Crippen molar-refractivity contribution in [2.24, 2.45) is 0 Å². The highest BCUT2D eigenvalue weighted by atomic mass is 32.2. The number of nitrogens with zero attached hydrogens (tertiary/aromatic N) is 1. The number of para-hydroxylation sites is 1. The lowest BCUT2D eigenvalue weighted by atomic mass is 10.2. The van der Waals surface area contributed by atoms with Crippen LogP contribution in [0.5, 0.6) is 5.75 Å². The molecule has 0 spiro atoms. The molecule has 1 N–H and O–H groups in total. The van der Waals surface area contributed by atoms with Crippen molar-refractivity contribution in [1.82, 2.24) is 0 Å². The summed E-state index contributed by atoms with van der Waals surface area (Å²) in [5.74, 6) is -0.614. The average molecular weight is 406 g/mol. The summed E-state index contributed by atoms with van der Waals surface area (Å²) in [4.78, 5) is 24.5. The molecular formula is C19H22N2O6S. The van der Waals surface area contributed by atoms with Gasteiger partial charge in [-0.1, -0.05) is 12.1 Å². The van der Waals surface area contributed by atoms with E-state index in [1.165, 1.54) is 13.2 Å². The molecule has 28 heavy (non-hydrogen) atoms. The van der Waals surface area contributed by atoms with Gasteiger partial charge in [-0.15, -0.1) is 0 Å². The quantitative estimate of drug-likeness (QED) is 0.675. The molecule has 2 aromatic rings. The van der Waals surface area contributed by atoms with Gasteiger partial charge in [0.05, 0.1) is 36.9 Å². The van der Waals surface area contributed by atoms with E-state index in [0.29, 0.717) is 11.4 Å². The summed E-state index contributed by atoms with van der Waals surface area (Å²) >= 11 is 0. The molecule has 0 heterocycles. The Kier molecular flexibility index (Phi) is 7.00. The first kappa shape index (κ1) is 21.2. The second-order valence-electron chi connectivity index (χ2n) is 5.78. The lowest BCUT2D eigenvalue weighted by Crippen LogP contribution is -2.37. The minimum atomic E-state index is -3.72. The van der Waals surface area contributed by atoms with E-state index in [0.717, 1.165) is 10.6 Å². The van der Waals surface area contributed by atoms with E-state index in [-0.39, 0.29) is 17.9 Å². The number of esters is 1. The van der Waals surface area contributed by atoms with Gasteiger partial charge in [-0.2, -0.15) is 0 Å². The van der Waals surface area contributed by atoms with Crippen LogP contribution in [0.2, 0.25) is 0 Å². The number of ether oxygens (including phenoxy) is 2. The summed E-state index contributed by atoms with van der Waals surface area (Å²) in [6, 6.07) is 12.6. The molecule has 0 fully saturated rings. The van der Waals surface area contributed by atoms with Crippen molar-refractivity contribution in [3.63, 3.8) is 0 Å². The number of benzene rings is 2. The van der Waals surface area contributed by atoms with E-state index in [1.807, 2.05) is 0 Å². The van der Waals surface area contributed by atoms with Gasteiger partial charge in [0.25, 0.3) is 0 Å². The van der Waals surface area contributed by atoms with Gasteiger partial charge < -0.3 is 14.8 Å². The molecule has 2 aromatic carbocycles. The zero-order valence-electron chi connectivity index (χ0n) is 15.8. The van der Waals surface area contributed by atoms with E-state index in [1.54, 1.807) is 49.4 Å². The Morgan fingerprint density at radius 2 is 1.71 bits per heavy atom. The highest BCUT2D eigenvalue weighted by molar-refractivity contribution is 7.92. The molecule has 8 nitrogen and oxygen atoms in total. The number of hydrogen-bond acceptors (Lipinski definition) is 6. The van der Waals surface area contributed by atoms with Gasteiger partial charge in [0, 0.05) is 0 Å². The molecule has 150 valence electrons. The van der Waals surface area contributed by atoms with Gasteiger partial charge in [0.1, 0.15) is 12.3 Å². The lowest BCUT2D eigenvalue weighted by molar-refractivity contribution is -0.114. The molecule has 0 radical (unpaired) electrons. The van der Waals surface area contributed by atoms with Crippen LogP contribution in [0.3, 0.4) is 0 Å². The van der Waals surface area contributed by atoms with Crippen molar-refractivity contribution in [3.05, 3.63) is 54.1 Å². The van der Waals surface area contributed by atoms with Crippen molar-refractivity contribution in [1.29, 1.82) is 0 Å². The van der Waals surface area contributed by atoms with E-state index in [4.69, 9.17) is 9.47 Å². The maximum absolute atomic E-state index is 12.5. The van der Waals surface area contributed by atoms with E-state index < -0.39 is 28.4 Å². The van der Waals surface area contributed by atoms with Crippen LogP contribution in [-0.4, -0.2) is 46.8 Å². The number of hydrogen-bond donors (Lipinski definition) is 1. The van der Waals surface area contributed by atoms with Crippen molar-refractivity contribution >= 4 is 33.3 Å². The molecule has 0 saturated heterocycles. The number of rotatable bonds is 8. The predicted octanol–water partition coefficient (Wildman–Crippen LogP) is 2.28. The van der Waals surface area contributed by atoms with Crippen molar-refractivity contribution in [2.45, 2.75) is 6.92 Å². The highest BCUT2D eigenvalue weighted by Crippen LogP contribution is 2.22. The first-order valence-corrected chi connectivity index (χ1v) is 10.3. The van der Waals surface area contributed by atoms with E-state index in [9.17, 15) is 18.0 Å². The van der Waals surface area contributed by atoms with Gasteiger partial charge in [0.15, 0.2) is 0 Å². The minimum absolute atomic E-state index is 0.188. The van der Waals surface area contributed by atoms with Crippen LogP contribution in [0.4, 0.5) is 11.4 Å². The Balaban J connectivity index is 2.22. The first-order valence-electron chi connectivity index (χ1n) is 8.44. The fraction of sp³-hybridized carbons (Fsp3) is 0.263. The minimum Gasteiger partial charge on any atom is -0.497 e. The fourth-order valence-electron chi connectivity index (χ4n) is 2.45.